The highest BCUT2D eigenvalue weighted by molar-refractivity contribution is 5.24. The largest absolute Gasteiger partial charge is 0.459 e. The first-order chi connectivity index (χ1) is 22.6. The van der Waals surface area contributed by atoms with Crippen LogP contribution in [0.1, 0.15) is 105 Å². The Kier molecular flexibility index (Phi) is 11.1. The van der Waals surface area contributed by atoms with E-state index in [1.165, 1.54) is 6.92 Å². The molecule has 50 heavy (non-hydrogen) atoms. The lowest BCUT2D eigenvalue weighted by atomic mass is 9.53. The predicted octanol–water partition coefficient (Wildman–Crippen LogP) is 11.0. The van der Waals surface area contributed by atoms with Crippen molar-refractivity contribution in [2.24, 2.45) is 40.4 Å². The molecule has 3 saturated carbocycles. The van der Waals surface area contributed by atoms with Crippen molar-refractivity contribution in [3.8, 4) is 0 Å². The average Bonchev–Trinajstić information content (AvgIpc) is 3.61. The van der Waals surface area contributed by atoms with Crippen molar-refractivity contribution < 1.29 is 76.0 Å². The van der Waals surface area contributed by atoms with E-state index in [0.717, 1.165) is 12.8 Å². The molecule has 4 rings (SSSR count). The standard InChI is InChI=1S/C33H46F14O3/c1-5-25(4,21-9-8-10-22(19(21)3)50-24-11-6-7-14-49-24)16-18(2)26-13-12-20(17-26)15-23(26)27(48,28(34,35)30(38,39)32(42,43)44)29(36,37)31(40,41)33(45,46)47/h18-24,48H,5-17H2,1-4H3. The van der Waals surface area contributed by atoms with Crippen LogP contribution in [0.25, 0.3) is 0 Å². The Labute approximate surface area is 282 Å². The van der Waals surface area contributed by atoms with E-state index in [0.29, 0.717) is 38.7 Å². The minimum atomic E-state index is -7.63. The molecular weight excluding hydrogens is 710 g/mol. The van der Waals surface area contributed by atoms with Gasteiger partial charge in [0.25, 0.3) is 0 Å². The summed E-state index contributed by atoms with van der Waals surface area (Å²) in [6.07, 6.45) is -12.8. The molecule has 4 fully saturated rings. The molecular formula is C33H46F14O3. The molecule has 2 bridgehead atoms. The second-order valence-electron chi connectivity index (χ2n) is 15.7. The second kappa shape index (κ2) is 13.3. The molecule has 0 spiro atoms. The number of alkyl halides is 14. The molecule has 3 aliphatic carbocycles. The third kappa shape index (κ3) is 6.23. The summed E-state index contributed by atoms with van der Waals surface area (Å²) in [4.78, 5) is 0. The monoisotopic (exact) mass is 756 g/mol. The van der Waals surface area contributed by atoms with Gasteiger partial charge < -0.3 is 14.6 Å². The van der Waals surface area contributed by atoms with Crippen LogP contribution in [0.4, 0.5) is 61.5 Å². The van der Waals surface area contributed by atoms with Gasteiger partial charge in [-0.2, -0.15) is 61.5 Å². The molecule has 4 aliphatic rings. The summed E-state index contributed by atoms with van der Waals surface area (Å²) in [5.41, 5.74) is -9.49. The number of aliphatic hydroxyl groups is 1. The molecule has 1 aliphatic heterocycles. The molecule has 0 aromatic rings. The summed E-state index contributed by atoms with van der Waals surface area (Å²) < 4.78 is 213. The minimum absolute atomic E-state index is 0.0271. The van der Waals surface area contributed by atoms with Crippen molar-refractivity contribution in [1.29, 1.82) is 0 Å². The first-order valence-corrected chi connectivity index (χ1v) is 17.2. The highest BCUT2D eigenvalue weighted by atomic mass is 19.4. The zero-order chi connectivity index (χ0) is 38.1. The molecule has 1 N–H and O–H groups in total. The van der Waals surface area contributed by atoms with E-state index in [1.807, 2.05) is 13.8 Å². The van der Waals surface area contributed by atoms with Gasteiger partial charge in [-0.15, -0.1) is 0 Å². The van der Waals surface area contributed by atoms with Gasteiger partial charge in [0.2, 0.25) is 5.60 Å². The Hall–Kier alpha value is -1.10. The lowest BCUT2D eigenvalue weighted by molar-refractivity contribution is -0.462. The van der Waals surface area contributed by atoms with Gasteiger partial charge in [0, 0.05) is 12.5 Å². The highest BCUT2D eigenvalue weighted by Crippen LogP contribution is 2.73. The summed E-state index contributed by atoms with van der Waals surface area (Å²) >= 11 is 0. The molecule has 3 nitrogen and oxygen atoms in total. The lowest BCUT2D eigenvalue weighted by Gasteiger charge is -2.56. The van der Waals surface area contributed by atoms with Crippen LogP contribution in [-0.4, -0.2) is 65.8 Å². The molecule has 1 saturated heterocycles. The van der Waals surface area contributed by atoms with E-state index in [2.05, 4.69) is 0 Å². The Balaban J connectivity index is 1.78. The second-order valence-corrected chi connectivity index (χ2v) is 15.7. The molecule has 0 radical (unpaired) electrons. The van der Waals surface area contributed by atoms with Crippen molar-refractivity contribution >= 4 is 0 Å². The van der Waals surface area contributed by atoms with Gasteiger partial charge in [-0.3, -0.25) is 0 Å². The van der Waals surface area contributed by atoms with Crippen LogP contribution in [0.3, 0.4) is 0 Å². The van der Waals surface area contributed by atoms with Crippen LogP contribution in [0, 0.1) is 40.4 Å². The van der Waals surface area contributed by atoms with Crippen LogP contribution < -0.4 is 0 Å². The Morgan fingerprint density at radius 3 is 1.80 bits per heavy atom. The fourth-order valence-electron chi connectivity index (χ4n) is 10.1. The van der Waals surface area contributed by atoms with Gasteiger partial charge in [0.05, 0.1) is 6.10 Å². The van der Waals surface area contributed by atoms with Crippen molar-refractivity contribution in [2.45, 2.75) is 159 Å². The topological polar surface area (TPSA) is 38.7 Å². The summed E-state index contributed by atoms with van der Waals surface area (Å²) in [7, 11) is 0. The van der Waals surface area contributed by atoms with Crippen LogP contribution in [0.15, 0.2) is 0 Å². The van der Waals surface area contributed by atoms with Crippen LogP contribution in [0.5, 0.6) is 0 Å². The number of fused-ring (bicyclic) bond motifs is 2. The summed E-state index contributed by atoms with van der Waals surface area (Å²) in [6.45, 7) is 7.37. The van der Waals surface area contributed by atoms with Crippen LogP contribution >= 0.6 is 0 Å². The van der Waals surface area contributed by atoms with Gasteiger partial charge in [0.15, 0.2) is 6.29 Å². The maximum Gasteiger partial charge on any atom is 0.459 e. The third-order valence-electron chi connectivity index (χ3n) is 13.1. The number of hydrogen-bond acceptors (Lipinski definition) is 3. The van der Waals surface area contributed by atoms with Crippen molar-refractivity contribution in [2.75, 3.05) is 6.61 Å². The molecule has 1 heterocycles. The van der Waals surface area contributed by atoms with Gasteiger partial charge >= 0.3 is 36.0 Å². The normalized spacial score (nSPS) is 34.1. The maximum atomic E-state index is 15.6. The van der Waals surface area contributed by atoms with E-state index < -0.39 is 95.8 Å². The minimum Gasteiger partial charge on any atom is -0.378 e. The molecule has 9 atom stereocenters. The van der Waals surface area contributed by atoms with Crippen molar-refractivity contribution in [3.05, 3.63) is 0 Å². The number of rotatable bonds is 12. The number of ether oxygens (including phenoxy) is 2. The Bertz CT molecular complexity index is 1150. The van der Waals surface area contributed by atoms with E-state index in [4.69, 9.17) is 9.47 Å². The first kappa shape index (κ1) is 41.7. The maximum absolute atomic E-state index is 15.6. The zero-order valence-electron chi connectivity index (χ0n) is 28.3. The Morgan fingerprint density at radius 1 is 0.780 bits per heavy atom. The van der Waals surface area contributed by atoms with E-state index in [-0.39, 0.29) is 30.8 Å². The molecule has 0 amide bonds. The third-order valence-corrected chi connectivity index (χ3v) is 13.1. The van der Waals surface area contributed by atoms with E-state index in [9.17, 15) is 49.0 Å². The Morgan fingerprint density at radius 2 is 1.34 bits per heavy atom. The SMILES string of the molecule is CCC(C)(CC(C)C12CCC(CC1C(O)(C(F)(F)C(F)(F)C(F)(F)F)C(F)(F)C(F)(F)C(F)(F)F)C2)C1CCCC(OC2CCCCO2)C1C. The molecule has 0 aromatic carbocycles. The van der Waals surface area contributed by atoms with Gasteiger partial charge in [0.1, 0.15) is 0 Å². The summed E-state index contributed by atoms with van der Waals surface area (Å²) in [5, 5.41) is 11.0. The van der Waals surface area contributed by atoms with E-state index >= 15 is 17.6 Å². The molecule has 0 aromatic heterocycles. The lowest BCUT2D eigenvalue weighted by Crippen LogP contribution is -2.79. The molecule has 294 valence electrons. The van der Waals surface area contributed by atoms with Crippen molar-refractivity contribution in [1.82, 2.24) is 0 Å². The van der Waals surface area contributed by atoms with Crippen LogP contribution in [-0.2, 0) is 9.47 Å². The fraction of sp³-hybridized carbons (Fsp3) is 1.00. The quantitative estimate of drug-likeness (QED) is 0.202. The molecule has 9 unspecified atom stereocenters. The summed E-state index contributed by atoms with van der Waals surface area (Å²) in [6, 6.07) is 0. The number of halogens is 14. The fourth-order valence-corrected chi connectivity index (χ4v) is 10.1. The van der Waals surface area contributed by atoms with Gasteiger partial charge in [-0.05, 0) is 98.7 Å². The van der Waals surface area contributed by atoms with E-state index in [1.54, 1.807) is 6.92 Å². The van der Waals surface area contributed by atoms with Gasteiger partial charge in [-0.1, -0.05) is 40.5 Å². The zero-order valence-corrected chi connectivity index (χ0v) is 28.3. The van der Waals surface area contributed by atoms with Crippen molar-refractivity contribution in [3.63, 3.8) is 0 Å². The average molecular weight is 757 g/mol. The van der Waals surface area contributed by atoms with Gasteiger partial charge in [-0.25, -0.2) is 0 Å². The highest BCUT2D eigenvalue weighted by Gasteiger charge is 2.93. The first-order valence-electron chi connectivity index (χ1n) is 17.2. The smallest absolute Gasteiger partial charge is 0.378 e. The predicted molar refractivity (Wildman–Crippen MR) is 152 cm³/mol. The van der Waals surface area contributed by atoms with Crippen LogP contribution in [0.2, 0.25) is 0 Å². The number of hydrogen-bond donors (Lipinski definition) is 1. The molecule has 17 heteroatoms. The summed E-state index contributed by atoms with van der Waals surface area (Å²) in [5.74, 6) is -36.0.